The van der Waals surface area contributed by atoms with E-state index in [-0.39, 0.29) is 24.4 Å². The van der Waals surface area contributed by atoms with Crippen molar-refractivity contribution < 1.29 is 4.79 Å². The number of hydrogen-bond acceptors (Lipinski definition) is 4. The minimum Gasteiger partial charge on any atom is -0.367 e. The van der Waals surface area contributed by atoms with Gasteiger partial charge in [0.2, 0.25) is 5.91 Å². The van der Waals surface area contributed by atoms with E-state index >= 15 is 0 Å². The van der Waals surface area contributed by atoms with Gasteiger partial charge >= 0.3 is 0 Å². The average molecular weight is 505 g/mol. The third kappa shape index (κ3) is 4.16. The molecule has 4 aromatic rings. The van der Waals surface area contributed by atoms with Crippen LogP contribution in [-0.4, -0.2) is 51.5 Å². The summed E-state index contributed by atoms with van der Waals surface area (Å²) in [6, 6.07) is 10.9. The fourth-order valence-corrected chi connectivity index (χ4v) is 4.82. The molecule has 0 spiro atoms. The van der Waals surface area contributed by atoms with Crippen LogP contribution < -0.4 is 10.5 Å². The molecule has 0 unspecified atom stereocenters. The molecular formula is C23H20Cl3N5O2. The van der Waals surface area contributed by atoms with Crippen LogP contribution >= 0.6 is 34.8 Å². The molecule has 0 aliphatic carbocycles. The fraction of sp³-hybridized carbons (Fsp3) is 0.261. The monoisotopic (exact) mass is 503 g/mol. The third-order valence-corrected chi connectivity index (χ3v) is 7.05. The van der Waals surface area contributed by atoms with Gasteiger partial charge in [-0.15, -0.1) is 0 Å². The normalized spacial score (nSPS) is 14.4. The van der Waals surface area contributed by atoms with Crippen molar-refractivity contribution in [2.75, 3.05) is 31.1 Å². The molecule has 1 amide bonds. The van der Waals surface area contributed by atoms with Gasteiger partial charge in [-0.25, -0.2) is 4.98 Å². The summed E-state index contributed by atoms with van der Waals surface area (Å²) in [5, 5.41) is 2.43. The van der Waals surface area contributed by atoms with E-state index in [0.29, 0.717) is 52.3 Å². The summed E-state index contributed by atoms with van der Waals surface area (Å²) in [6.07, 6.45) is 1.71. The van der Waals surface area contributed by atoms with Gasteiger partial charge in [-0.2, -0.15) is 0 Å². The molecular weight excluding hydrogens is 485 g/mol. The lowest BCUT2D eigenvalue weighted by atomic mass is 10.2. The number of anilines is 1. The Morgan fingerprint density at radius 2 is 1.85 bits per heavy atom. The number of amides is 1. The topological polar surface area (TPSA) is 74.2 Å². The predicted molar refractivity (Wildman–Crippen MR) is 133 cm³/mol. The van der Waals surface area contributed by atoms with E-state index in [2.05, 4.69) is 14.9 Å². The van der Waals surface area contributed by atoms with Gasteiger partial charge in [-0.05, 0) is 30.3 Å². The van der Waals surface area contributed by atoms with Gasteiger partial charge in [0, 0.05) is 55.1 Å². The first kappa shape index (κ1) is 22.1. The van der Waals surface area contributed by atoms with E-state index in [9.17, 15) is 9.59 Å². The number of carbonyl (C=O) groups is 1. The number of halogens is 3. The van der Waals surface area contributed by atoms with E-state index in [1.54, 1.807) is 18.2 Å². The molecule has 2 aromatic heterocycles. The van der Waals surface area contributed by atoms with Gasteiger partial charge in [-0.1, -0.05) is 40.9 Å². The summed E-state index contributed by atoms with van der Waals surface area (Å²) in [4.78, 5) is 37.2. The van der Waals surface area contributed by atoms with Crippen molar-refractivity contribution in [1.82, 2.24) is 19.4 Å². The van der Waals surface area contributed by atoms with Crippen LogP contribution in [0.25, 0.3) is 21.9 Å². The van der Waals surface area contributed by atoms with Crippen LogP contribution in [0.1, 0.15) is 6.42 Å². The molecule has 2 aromatic carbocycles. The molecule has 1 saturated heterocycles. The third-order valence-electron chi connectivity index (χ3n) is 6.01. The number of benzene rings is 2. The van der Waals surface area contributed by atoms with Crippen molar-refractivity contribution in [3.63, 3.8) is 0 Å². The average Bonchev–Trinajstić information content (AvgIpc) is 3.19. The zero-order chi connectivity index (χ0) is 23.1. The molecule has 1 aliphatic rings. The Morgan fingerprint density at radius 1 is 1.06 bits per heavy atom. The van der Waals surface area contributed by atoms with E-state index in [1.165, 1.54) is 10.9 Å². The lowest BCUT2D eigenvalue weighted by Crippen LogP contribution is -2.49. The van der Waals surface area contributed by atoms with Crippen LogP contribution in [-0.2, 0) is 11.3 Å². The number of nitrogens with zero attached hydrogens (tertiary/aromatic N) is 4. The molecule has 5 rings (SSSR count). The number of H-pyrrole nitrogens is 1. The molecule has 10 heteroatoms. The molecule has 1 aliphatic heterocycles. The zero-order valence-electron chi connectivity index (χ0n) is 17.5. The summed E-state index contributed by atoms with van der Waals surface area (Å²) in [5.74, 6) is 0.00210. The number of nitrogens with one attached hydrogen (secondary N) is 1. The highest BCUT2D eigenvalue weighted by Crippen LogP contribution is 2.33. The van der Waals surface area contributed by atoms with Gasteiger partial charge in [-0.3, -0.25) is 14.2 Å². The second-order valence-corrected chi connectivity index (χ2v) is 9.19. The van der Waals surface area contributed by atoms with Crippen LogP contribution in [0.15, 0.2) is 47.5 Å². The van der Waals surface area contributed by atoms with Crippen LogP contribution in [0.3, 0.4) is 0 Å². The standard InChI is InChI=1S/C23H20Cl3N5O2/c24-14-4-5-17-15(12-14)21-22(28-17)23(33)31(13-27-21)7-6-19(32)30-10-8-29(9-11-30)18-3-1-2-16(25)20(18)26/h1-5,12-13,28H,6-11H2. The summed E-state index contributed by atoms with van der Waals surface area (Å²) < 4.78 is 1.47. The van der Waals surface area contributed by atoms with Gasteiger partial charge in [0.1, 0.15) is 11.0 Å². The Labute approximate surface area is 204 Å². The molecule has 0 bridgehead atoms. The van der Waals surface area contributed by atoms with Crippen molar-refractivity contribution in [2.45, 2.75) is 13.0 Å². The molecule has 1 fully saturated rings. The molecule has 0 radical (unpaired) electrons. The number of hydrogen-bond donors (Lipinski definition) is 1. The maximum Gasteiger partial charge on any atom is 0.277 e. The first-order chi connectivity index (χ1) is 15.9. The fourth-order valence-electron chi connectivity index (χ4n) is 4.23. The smallest absolute Gasteiger partial charge is 0.277 e. The van der Waals surface area contributed by atoms with Crippen molar-refractivity contribution in [1.29, 1.82) is 0 Å². The molecule has 1 N–H and O–H groups in total. The largest absolute Gasteiger partial charge is 0.367 e. The van der Waals surface area contributed by atoms with Crippen LogP contribution in [0.4, 0.5) is 5.69 Å². The SMILES string of the molecule is O=C(CCn1cnc2c([nH]c3ccc(Cl)cc32)c1=O)N1CCN(c2cccc(Cl)c2Cl)CC1. The number of aromatic amines is 1. The van der Waals surface area contributed by atoms with Crippen molar-refractivity contribution in [2.24, 2.45) is 0 Å². The number of rotatable bonds is 4. The molecule has 7 nitrogen and oxygen atoms in total. The number of fused-ring (bicyclic) bond motifs is 3. The Kier molecular flexibility index (Phi) is 5.95. The molecule has 170 valence electrons. The Morgan fingerprint density at radius 3 is 2.64 bits per heavy atom. The van der Waals surface area contributed by atoms with E-state index in [1.807, 2.05) is 23.1 Å². The van der Waals surface area contributed by atoms with E-state index in [0.717, 1.165) is 16.6 Å². The van der Waals surface area contributed by atoms with Crippen LogP contribution in [0.2, 0.25) is 15.1 Å². The number of aromatic nitrogens is 3. The first-order valence-electron chi connectivity index (χ1n) is 10.6. The first-order valence-corrected chi connectivity index (χ1v) is 11.7. The van der Waals surface area contributed by atoms with Crippen LogP contribution in [0.5, 0.6) is 0 Å². The summed E-state index contributed by atoms with van der Waals surface area (Å²) in [5.41, 5.74) is 2.46. The second kappa shape index (κ2) is 8.89. The molecule has 3 heterocycles. The van der Waals surface area contributed by atoms with Gasteiger partial charge in [0.05, 0.1) is 22.1 Å². The lowest BCUT2D eigenvalue weighted by Gasteiger charge is -2.36. The maximum atomic E-state index is 12.9. The Hall–Kier alpha value is -2.74. The minimum atomic E-state index is -0.208. The number of carbonyl (C=O) groups excluding carboxylic acids is 1. The van der Waals surface area contributed by atoms with Crippen LogP contribution in [0, 0.1) is 0 Å². The molecule has 33 heavy (non-hydrogen) atoms. The highest BCUT2D eigenvalue weighted by molar-refractivity contribution is 6.43. The molecule has 0 saturated carbocycles. The highest BCUT2D eigenvalue weighted by Gasteiger charge is 2.23. The second-order valence-electron chi connectivity index (χ2n) is 7.97. The van der Waals surface area contributed by atoms with Gasteiger partial charge in [0.25, 0.3) is 5.56 Å². The van der Waals surface area contributed by atoms with Gasteiger partial charge in [0.15, 0.2) is 0 Å². The summed E-state index contributed by atoms with van der Waals surface area (Å²) in [7, 11) is 0. The quantitative estimate of drug-likeness (QED) is 0.442. The summed E-state index contributed by atoms with van der Waals surface area (Å²) in [6.45, 7) is 2.75. The number of piperazine rings is 1. The predicted octanol–water partition coefficient (Wildman–Crippen LogP) is 4.58. The summed E-state index contributed by atoms with van der Waals surface area (Å²) >= 11 is 18.5. The van der Waals surface area contributed by atoms with Crippen molar-refractivity contribution in [3.8, 4) is 0 Å². The molecule has 0 atom stereocenters. The minimum absolute atomic E-state index is 0.00210. The van der Waals surface area contributed by atoms with Crippen molar-refractivity contribution >= 4 is 68.3 Å². The Bertz CT molecular complexity index is 1420. The van der Waals surface area contributed by atoms with Crippen molar-refractivity contribution in [3.05, 3.63) is 68.1 Å². The number of aryl methyl sites for hydroxylation is 1. The van der Waals surface area contributed by atoms with E-state index in [4.69, 9.17) is 34.8 Å². The van der Waals surface area contributed by atoms with Gasteiger partial charge < -0.3 is 14.8 Å². The maximum absolute atomic E-state index is 12.9. The van der Waals surface area contributed by atoms with E-state index < -0.39 is 0 Å². The zero-order valence-corrected chi connectivity index (χ0v) is 19.8. The lowest BCUT2D eigenvalue weighted by molar-refractivity contribution is -0.131. The highest BCUT2D eigenvalue weighted by atomic mass is 35.5. The Balaban J connectivity index is 1.25.